The van der Waals surface area contributed by atoms with Crippen LogP contribution in [0.5, 0.6) is 0 Å². The van der Waals surface area contributed by atoms with Crippen LogP contribution in [0.15, 0.2) is 24.5 Å². The van der Waals surface area contributed by atoms with Crippen LogP contribution in [0.2, 0.25) is 0 Å². The third-order valence-electron chi connectivity index (χ3n) is 4.03. The lowest BCUT2D eigenvalue weighted by atomic mass is 10.1. The fraction of sp³-hybridized carbons (Fsp3) is 0.667. The molecule has 0 aromatic carbocycles. The summed E-state index contributed by atoms with van der Waals surface area (Å²) in [5.41, 5.74) is 5.77. The van der Waals surface area contributed by atoms with Gasteiger partial charge in [0.2, 0.25) is 0 Å². The number of carbonyl (C=O) groups is 2. The van der Waals surface area contributed by atoms with Gasteiger partial charge < -0.3 is 20.4 Å². The number of carboxylic acid groups (broad SMARTS) is 1. The molecule has 0 unspecified atom stereocenters. The SMILES string of the molecule is CC(=O)[O-].CCCCCCCCCCCCOC[n+]1cccc(C(N)=O)c1. The quantitative estimate of drug-likeness (QED) is 0.396. The number of nitrogens with two attached hydrogens (primary N) is 1. The molecule has 6 nitrogen and oxygen atoms in total. The molecule has 0 radical (unpaired) electrons. The third kappa shape index (κ3) is 17.2. The van der Waals surface area contributed by atoms with Crippen molar-refractivity contribution in [3.8, 4) is 0 Å². The number of aromatic nitrogens is 1. The van der Waals surface area contributed by atoms with Crippen LogP contribution in [-0.2, 0) is 16.3 Å². The molecule has 0 saturated heterocycles. The molecule has 0 spiro atoms. The van der Waals surface area contributed by atoms with Gasteiger partial charge in [-0.25, -0.2) is 0 Å². The first-order chi connectivity index (χ1) is 13.0. The van der Waals surface area contributed by atoms with Crippen molar-refractivity contribution in [3.63, 3.8) is 0 Å². The summed E-state index contributed by atoms with van der Waals surface area (Å²) in [6, 6.07) is 3.52. The maximum atomic E-state index is 11.1. The summed E-state index contributed by atoms with van der Waals surface area (Å²) in [6.45, 7) is 4.47. The number of carbonyl (C=O) groups excluding carboxylic acids is 2. The molecule has 0 aliphatic carbocycles. The van der Waals surface area contributed by atoms with Crippen molar-refractivity contribution in [3.05, 3.63) is 30.1 Å². The van der Waals surface area contributed by atoms with E-state index in [1.54, 1.807) is 12.3 Å². The summed E-state index contributed by atoms with van der Waals surface area (Å²) in [4.78, 5) is 20.0. The Labute approximate surface area is 163 Å². The zero-order valence-electron chi connectivity index (χ0n) is 17.0. The lowest BCUT2D eigenvalue weighted by Gasteiger charge is -2.03. The van der Waals surface area contributed by atoms with Gasteiger partial charge in [-0.2, -0.15) is 4.57 Å². The van der Waals surface area contributed by atoms with Gasteiger partial charge in [0.25, 0.3) is 12.6 Å². The number of rotatable bonds is 14. The second-order valence-corrected chi connectivity index (χ2v) is 6.68. The highest BCUT2D eigenvalue weighted by Gasteiger charge is 2.06. The monoisotopic (exact) mass is 380 g/mol. The number of aliphatic carboxylic acids is 1. The van der Waals surface area contributed by atoms with E-state index < -0.39 is 11.9 Å². The molecule has 0 aliphatic heterocycles. The van der Waals surface area contributed by atoms with Crippen LogP contribution >= 0.6 is 0 Å². The number of amides is 1. The summed E-state index contributed by atoms with van der Waals surface area (Å²) >= 11 is 0. The Kier molecular flexibility index (Phi) is 16.2. The van der Waals surface area contributed by atoms with Crippen LogP contribution in [0.4, 0.5) is 0 Å². The van der Waals surface area contributed by atoms with E-state index in [0.29, 0.717) is 12.3 Å². The predicted molar refractivity (Wildman–Crippen MR) is 104 cm³/mol. The smallest absolute Gasteiger partial charge is 0.254 e. The zero-order chi connectivity index (χ0) is 20.3. The zero-order valence-corrected chi connectivity index (χ0v) is 17.0. The largest absolute Gasteiger partial charge is 0.550 e. The molecule has 154 valence electrons. The Morgan fingerprint density at radius 1 is 1.04 bits per heavy atom. The molecule has 6 heteroatoms. The number of primary amides is 1. The van der Waals surface area contributed by atoms with E-state index in [1.807, 2.05) is 16.8 Å². The first-order valence-corrected chi connectivity index (χ1v) is 10.0. The van der Waals surface area contributed by atoms with Crippen LogP contribution < -0.4 is 15.4 Å². The van der Waals surface area contributed by atoms with Crippen molar-refractivity contribution in [1.82, 2.24) is 0 Å². The summed E-state index contributed by atoms with van der Waals surface area (Å²) in [5, 5.41) is 8.89. The van der Waals surface area contributed by atoms with Gasteiger partial charge in [-0.15, -0.1) is 0 Å². The number of unbranched alkanes of at least 4 members (excludes halogenated alkanes) is 9. The number of carboxylic acids is 1. The maximum Gasteiger partial charge on any atom is 0.254 e. The minimum Gasteiger partial charge on any atom is -0.550 e. The van der Waals surface area contributed by atoms with Gasteiger partial charge in [0, 0.05) is 12.0 Å². The Bertz CT molecular complexity index is 517. The summed E-state index contributed by atoms with van der Waals surface area (Å²) in [6.07, 6.45) is 16.9. The second-order valence-electron chi connectivity index (χ2n) is 6.68. The second kappa shape index (κ2) is 17.5. The highest BCUT2D eigenvalue weighted by Crippen LogP contribution is 2.10. The van der Waals surface area contributed by atoms with Crippen molar-refractivity contribution < 1.29 is 24.0 Å². The highest BCUT2D eigenvalue weighted by atomic mass is 16.5. The number of pyridine rings is 1. The molecule has 1 heterocycles. The van der Waals surface area contributed by atoms with Crippen molar-refractivity contribution in [1.29, 1.82) is 0 Å². The van der Waals surface area contributed by atoms with Gasteiger partial charge in [0.05, 0.1) is 6.61 Å². The van der Waals surface area contributed by atoms with Gasteiger partial charge in [-0.05, 0) is 19.4 Å². The van der Waals surface area contributed by atoms with E-state index in [2.05, 4.69) is 6.92 Å². The highest BCUT2D eigenvalue weighted by molar-refractivity contribution is 5.92. The van der Waals surface area contributed by atoms with Crippen LogP contribution in [0.3, 0.4) is 0 Å². The molecular weight excluding hydrogens is 344 g/mol. The molecule has 1 amide bonds. The lowest BCUT2D eigenvalue weighted by molar-refractivity contribution is -0.732. The topological polar surface area (TPSA) is 96.3 Å². The summed E-state index contributed by atoms with van der Waals surface area (Å²) in [5.74, 6) is -1.49. The predicted octanol–water partition coefficient (Wildman–Crippen LogP) is 2.72. The van der Waals surface area contributed by atoms with Crippen molar-refractivity contribution in [2.24, 2.45) is 5.73 Å². The molecule has 0 saturated carbocycles. The van der Waals surface area contributed by atoms with Crippen LogP contribution in [-0.4, -0.2) is 18.5 Å². The van der Waals surface area contributed by atoms with Gasteiger partial charge in [0.1, 0.15) is 5.56 Å². The van der Waals surface area contributed by atoms with Gasteiger partial charge in [-0.1, -0.05) is 64.7 Å². The van der Waals surface area contributed by atoms with E-state index >= 15 is 0 Å². The van der Waals surface area contributed by atoms with Crippen LogP contribution in [0.1, 0.15) is 88.4 Å². The van der Waals surface area contributed by atoms with Crippen molar-refractivity contribution >= 4 is 11.9 Å². The standard InChI is InChI=1S/C19H32N2O2.C2H4O2/c1-2-3-4-5-6-7-8-9-10-11-15-23-17-21-14-12-13-18(16-21)19(20)22;1-2(3)4/h12-14,16H,2-11,15,17H2,1H3,(H-,20,22);1H3,(H,3,4). The Morgan fingerprint density at radius 2 is 1.56 bits per heavy atom. The molecule has 1 rings (SSSR count). The van der Waals surface area contributed by atoms with Crippen molar-refractivity contribution in [2.45, 2.75) is 84.8 Å². The molecule has 0 aliphatic rings. The number of ether oxygens (including phenoxy) is 1. The van der Waals surface area contributed by atoms with Gasteiger partial charge in [-0.3, -0.25) is 4.79 Å². The molecule has 1 aromatic heterocycles. The summed E-state index contributed by atoms with van der Waals surface area (Å²) in [7, 11) is 0. The minimum atomic E-state index is -1.08. The van der Waals surface area contributed by atoms with E-state index in [1.165, 1.54) is 57.8 Å². The molecule has 1 aromatic rings. The normalized spacial score (nSPS) is 10.1. The first-order valence-electron chi connectivity index (χ1n) is 10.0. The first kappa shape index (κ1) is 25.1. The average Bonchev–Trinajstić information content (AvgIpc) is 2.62. The van der Waals surface area contributed by atoms with E-state index in [9.17, 15) is 4.79 Å². The molecule has 27 heavy (non-hydrogen) atoms. The fourth-order valence-corrected chi connectivity index (χ4v) is 2.61. The van der Waals surface area contributed by atoms with Crippen molar-refractivity contribution in [2.75, 3.05) is 6.61 Å². The number of hydrogen-bond donors (Lipinski definition) is 1. The third-order valence-corrected chi connectivity index (χ3v) is 4.03. The Morgan fingerprint density at radius 3 is 2.07 bits per heavy atom. The maximum absolute atomic E-state index is 11.1. The Balaban J connectivity index is 0.00000153. The van der Waals surface area contributed by atoms with Gasteiger partial charge in [0.15, 0.2) is 12.4 Å². The van der Waals surface area contributed by atoms with E-state index in [-0.39, 0.29) is 0 Å². The van der Waals surface area contributed by atoms with E-state index in [0.717, 1.165) is 20.0 Å². The molecule has 0 fully saturated rings. The molecular formula is C21H36N2O4. The van der Waals surface area contributed by atoms with E-state index in [4.69, 9.17) is 20.4 Å². The molecule has 2 N–H and O–H groups in total. The average molecular weight is 381 g/mol. The fourth-order valence-electron chi connectivity index (χ4n) is 2.61. The lowest BCUT2D eigenvalue weighted by Crippen LogP contribution is -2.36. The van der Waals surface area contributed by atoms with Crippen LogP contribution in [0.25, 0.3) is 0 Å². The van der Waals surface area contributed by atoms with Crippen LogP contribution in [0, 0.1) is 0 Å². The Hall–Kier alpha value is -1.95. The summed E-state index contributed by atoms with van der Waals surface area (Å²) < 4.78 is 7.48. The van der Waals surface area contributed by atoms with Gasteiger partial charge >= 0.3 is 0 Å². The molecule has 0 atom stereocenters. The number of hydrogen-bond acceptors (Lipinski definition) is 4. The number of nitrogens with zero attached hydrogens (tertiary/aromatic N) is 1. The minimum absolute atomic E-state index is 0.408. The molecule has 0 bridgehead atoms.